The Bertz CT molecular complexity index is 518. The molecule has 0 saturated heterocycles. The van der Waals surface area contributed by atoms with E-state index in [-0.39, 0.29) is 0 Å². The Labute approximate surface area is 73.4 Å². The van der Waals surface area contributed by atoms with Crippen molar-refractivity contribution >= 4 is 11.0 Å². The number of aromatic nitrogens is 3. The fourth-order valence-electron chi connectivity index (χ4n) is 1.21. The molecule has 0 aliphatic rings. The minimum Gasteiger partial charge on any atom is -0.594 e. The van der Waals surface area contributed by atoms with Crippen molar-refractivity contribution in [1.82, 2.24) is 9.67 Å². The quantitative estimate of drug-likeness (QED) is 0.405. The summed E-state index contributed by atoms with van der Waals surface area (Å²) < 4.78 is 1.34. The molecule has 0 N–H and O–H groups in total. The van der Waals surface area contributed by atoms with E-state index in [0.29, 0.717) is 15.9 Å². The van der Waals surface area contributed by atoms with Crippen LogP contribution in [0.3, 0.4) is 0 Å². The molecule has 5 nitrogen and oxygen atoms in total. The van der Waals surface area contributed by atoms with E-state index in [2.05, 4.69) is 5.10 Å². The molecule has 1 aromatic heterocycles. The van der Waals surface area contributed by atoms with E-state index in [4.69, 9.17) is 0 Å². The van der Waals surface area contributed by atoms with Crippen LogP contribution >= 0.6 is 0 Å². The molecule has 0 fully saturated rings. The first kappa shape index (κ1) is 7.72. The first-order chi connectivity index (χ1) is 6.20. The van der Waals surface area contributed by atoms with Crippen LogP contribution in [0.15, 0.2) is 29.1 Å². The largest absolute Gasteiger partial charge is 0.594 e. The van der Waals surface area contributed by atoms with E-state index in [9.17, 15) is 10.0 Å². The van der Waals surface area contributed by atoms with Crippen molar-refractivity contribution in [2.45, 2.75) is 0 Å². The summed E-state index contributed by atoms with van der Waals surface area (Å²) in [5.41, 5.74) is 0.427. The molecular weight excluding hydrogens is 170 g/mol. The number of aryl methyl sites for hydroxylation is 1. The molecular formula is C8H7N3O2. The van der Waals surface area contributed by atoms with Gasteiger partial charge in [-0.05, 0) is 10.9 Å². The van der Waals surface area contributed by atoms with Crippen LogP contribution in [0.4, 0.5) is 0 Å². The van der Waals surface area contributed by atoms with Gasteiger partial charge in [-0.25, -0.2) is 4.79 Å². The molecule has 2 aromatic rings. The second-order valence-electron chi connectivity index (χ2n) is 2.70. The number of para-hydroxylation sites is 2. The Morgan fingerprint density at radius 2 is 2.15 bits per heavy atom. The fourth-order valence-corrected chi connectivity index (χ4v) is 1.21. The van der Waals surface area contributed by atoms with E-state index in [1.807, 2.05) is 0 Å². The van der Waals surface area contributed by atoms with Crippen LogP contribution < -0.4 is 10.5 Å². The van der Waals surface area contributed by atoms with Crippen molar-refractivity contribution in [2.24, 2.45) is 7.05 Å². The van der Waals surface area contributed by atoms with Crippen LogP contribution in [-0.2, 0) is 7.05 Å². The van der Waals surface area contributed by atoms with Crippen LogP contribution in [0.1, 0.15) is 0 Å². The number of nitrogens with zero attached hydrogens (tertiary/aromatic N) is 3. The van der Waals surface area contributed by atoms with Gasteiger partial charge < -0.3 is 5.21 Å². The average molecular weight is 177 g/mol. The average Bonchev–Trinajstić information content (AvgIpc) is 2.15. The summed E-state index contributed by atoms with van der Waals surface area (Å²) >= 11 is 0. The van der Waals surface area contributed by atoms with Crippen LogP contribution in [-0.4, -0.2) is 9.67 Å². The molecule has 0 aliphatic heterocycles. The van der Waals surface area contributed by atoms with E-state index < -0.39 is 5.69 Å². The highest BCUT2D eigenvalue weighted by Crippen LogP contribution is 2.03. The zero-order chi connectivity index (χ0) is 9.42. The summed E-state index contributed by atoms with van der Waals surface area (Å²) in [5.74, 6) is 0. The van der Waals surface area contributed by atoms with E-state index in [1.54, 1.807) is 31.3 Å². The lowest BCUT2D eigenvalue weighted by molar-refractivity contribution is -0.645. The Balaban J connectivity index is 3.06. The maximum Gasteiger partial charge on any atom is 0.409 e. The third-order valence-electron chi connectivity index (χ3n) is 1.91. The lowest BCUT2D eigenvalue weighted by Crippen LogP contribution is -2.42. The highest BCUT2D eigenvalue weighted by atomic mass is 16.5. The number of hydrogen-bond donors (Lipinski definition) is 0. The van der Waals surface area contributed by atoms with Crippen molar-refractivity contribution < 1.29 is 4.85 Å². The second kappa shape index (κ2) is 2.55. The summed E-state index contributed by atoms with van der Waals surface area (Å²) in [4.78, 5) is 11.4. The lowest BCUT2D eigenvalue weighted by Gasteiger charge is -2.01. The highest BCUT2D eigenvalue weighted by molar-refractivity contribution is 5.70. The Hall–Kier alpha value is -1.91. The van der Waals surface area contributed by atoms with Gasteiger partial charge in [0.2, 0.25) is 0 Å². The third-order valence-corrected chi connectivity index (χ3v) is 1.91. The first-order valence-electron chi connectivity index (χ1n) is 3.76. The molecule has 0 amide bonds. The Morgan fingerprint density at radius 1 is 1.46 bits per heavy atom. The van der Waals surface area contributed by atoms with Gasteiger partial charge in [0.1, 0.15) is 5.52 Å². The molecule has 0 atom stereocenters. The maximum absolute atomic E-state index is 11.1. The number of rotatable bonds is 0. The van der Waals surface area contributed by atoms with Crippen molar-refractivity contribution in [1.29, 1.82) is 0 Å². The summed E-state index contributed by atoms with van der Waals surface area (Å²) in [6.07, 6.45) is 0. The summed E-state index contributed by atoms with van der Waals surface area (Å²) in [6, 6.07) is 6.81. The third kappa shape index (κ3) is 1.05. The van der Waals surface area contributed by atoms with Crippen molar-refractivity contribution in [2.75, 3.05) is 0 Å². The summed E-state index contributed by atoms with van der Waals surface area (Å²) in [5, 5.41) is 14.4. The Morgan fingerprint density at radius 3 is 2.92 bits per heavy atom. The van der Waals surface area contributed by atoms with Gasteiger partial charge in [0.05, 0.1) is 5.10 Å². The predicted molar refractivity (Wildman–Crippen MR) is 45.9 cm³/mol. The summed E-state index contributed by atoms with van der Waals surface area (Å²) in [6.45, 7) is 0. The molecule has 0 aliphatic carbocycles. The molecule has 2 rings (SSSR count). The SMILES string of the molecule is Cn1c(=O)n[n+]([O-])c2ccccc21. The van der Waals surface area contributed by atoms with E-state index in [1.165, 1.54) is 4.57 Å². The minimum absolute atomic E-state index is 0.345. The molecule has 0 bridgehead atoms. The molecule has 66 valence electrons. The molecule has 0 radical (unpaired) electrons. The highest BCUT2D eigenvalue weighted by Gasteiger charge is 2.08. The Kier molecular flexibility index (Phi) is 1.51. The van der Waals surface area contributed by atoms with Gasteiger partial charge in [-0.3, -0.25) is 4.57 Å². The molecule has 5 heteroatoms. The van der Waals surface area contributed by atoms with Gasteiger partial charge in [0.25, 0.3) is 5.52 Å². The fraction of sp³-hybridized carbons (Fsp3) is 0.125. The predicted octanol–water partition coefficient (Wildman–Crippen LogP) is -0.433. The lowest BCUT2D eigenvalue weighted by atomic mass is 10.3. The van der Waals surface area contributed by atoms with Crippen molar-refractivity contribution in [3.05, 3.63) is 40.0 Å². The maximum atomic E-state index is 11.1. The van der Waals surface area contributed by atoms with Gasteiger partial charge in [0, 0.05) is 13.1 Å². The molecule has 0 spiro atoms. The smallest absolute Gasteiger partial charge is 0.409 e. The first-order valence-corrected chi connectivity index (χ1v) is 3.76. The normalized spacial score (nSPS) is 10.5. The van der Waals surface area contributed by atoms with Crippen LogP contribution in [0.25, 0.3) is 11.0 Å². The zero-order valence-electron chi connectivity index (χ0n) is 6.97. The topological polar surface area (TPSA) is 61.8 Å². The zero-order valence-corrected chi connectivity index (χ0v) is 6.97. The molecule has 1 heterocycles. The van der Waals surface area contributed by atoms with Crippen LogP contribution in [0.2, 0.25) is 0 Å². The van der Waals surface area contributed by atoms with Crippen molar-refractivity contribution in [3.8, 4) is 0 Å². The van der Waals surface area contributed by atoms with Gasteiger partial charge in [0.15, 0.2) is 0 Å². The number of benzene rings is 1. The van der Waals surface area contributed by atoms with Crippen molar-refractivity contribution in [3.63, 3.8) is 0 Å². The van der Waals surface area contributed by atoms with E-state index >= 15 is 0 Å². The molecule has 1 aromatic carbocycles. The van der Waals surface area contributed by atoms with Gasteiger partial charge >= 0.3 is 5.69 Å². The summed E-state index contributed by atoms with van der Waals surface area (Å²) in [7, 11) is 1.58. The van der Waals surface area contributed by atoms with Crippen LogP contribution in [0, 0.1) is 5.21 Å². The van der Waals surface area contributed by atoms with Gasteiger partial charge in [-0.15, -0.1) is 0 Å². The number of fused-ring (bicyclic) bond motifs is 1. The minimum atomic E-state index is -0.547. The van der Waals surface area contributed by atoms with Crippen LogP contribution in [0.5, 0.6) is 0 Å². The standard InChI is InChI=1S/C8H7N3O2/c1-10-6-4-2-3-5-7(6)11(13)9-8(10)12/h2-5H,1H3. The second-order valence-corrected chi connectivity index (χ2v) is 2.70. The number of hydrogen-bond acceptors (Lipinski definition) is 3. The molecule has 0 unspecified atom stereocenters. The molecule has 13 heavy (non-hydrogen) atoms. The molecule has 0 saturated carbocycles. The van der Waals surface area contributed by atoms with Gasteiger partial charge in [-0.2, -0.15) is 0 Å². The monoisotopic (exact) mass is 177 g/mol. The van der Waals surface area contributed by atoms with E-state index in [0.717, 1.165) is 0 Å². The van der Waals surface area contributed by atoms with Gasteiger partial charge in [-0.1, -0.05) is 12.1 Å².